The maximum Gasteiger partial charge on any atom is 0.0203 e. The van der Waals surface area contributed by atoms with Crippen LogP contribution >= 0.6 is 15.9 Å². The van der Waals surface area contributed by atoms with E-state index in [1.54, 1.807) is 0 Å². The van der Waals surface area contributed by atoms with Gasteiger partial charge in [0.05, 0.1) is 0 Å². The second kappa shape index (κ2) is 5.86. The average molecular weight is 385 g/mol. The molecule has 2 aliphatic carbocycles. The molecule has 0 N–H and O–H groups in total. The van der Waals surface area contributed by atoms with E-state index in [4.69, 9.17) is 0 Å². The highest BCUT2D eigenvalue weighted by molar-refractivity contribution is 9.14. The first-order valence-corrected chi connectivity index (χ1v) is 9.47. The summed E-state index contributed by atoms with van der Waals surface area (Å²) in [4.78, 5) is 0. The van der Waals surface area contributed by atoms with Gasteiger partial charge in [-0.25, -0.2) is 0 Å². The van der Waals surface area contributed by atoms with Gasteiger partial charge in [-0.05, 0) is 50.4 Å². The van der Waals surface area contributed by atoms with Crippen molar-refractivity contribution in [3.05, 3.63) is 107 Å². The molecule has 0 nitrogen and oxygen atoms in total. The van der Waals surface area contributed by atoms with Gasteiger partial charge in [-0.3, -0.25) is 0 Å². The summed E-state index contributed by atoms with van der Waals surface area (Å²) in [6, 6.07) is 24.2. The molecule has 0 fully saturated rings. The van der Waals surface area contributed by atoms with Crippen LogP contribution in [0, 0.1) is 5.92 Å². The lowest BCUT2D eigenvalue weighted by Crippen LogP contribution is -2.35. The lowest BCUT2D eigenvalue weighted by atomic mass is 9.78. The number of fused-ring (bicyclic) bond motifs is 3. The Kier molecular flexibility index (Phi) is 3.50. The van der Waals surface area contributed by atoms with Crippen molar-refractivity contribution >= 4 is 36.8 Å². The fourth-order valence-corrected chi connectivity index (χ4v) is 4.83. The van der Waals surface area contributed by atoms with Gasteiger partial charge in [-0.1, -0.05) is 94.8 Å². The Morgan fingerprint density at radius 3 is 2.44 bits per heavy atom. The summed E-state index contributed by atoms with van der Waals surface area (Å²) >= 11 is 3.90. The Bertz CT molecular complexity index is 1180. The highest BCUT2D eigenvalue weighted by Gasteiger charge is 2.26. The minimum atomic E-state index is 0.418. The Labute approximate surface area is 155 Å². The van der Waals surface area contributed by atoms with Crippen LogP contribution < -0.4 is 10.4 Å². The van der Waals surface area contributed by atoms with Gasteiger partial charge in [-0.15, -0.1) is 0 Å². The van der Waals surface area contributed by atoms with Crippen LogP contribution in [0.4, 0.5) is 0 Å². The summed E-state index contributed by atoms with van der Waals surface area (Å²) in [6.45, 7) is 0. The van der Waals surface area contributed by atoms with E-state index < -0.39 is 0 Å². The van der Waals surface area contributed by atoms with Crippen LogP contribution in [0.15, 0.2) is 90.5 Å². The molecule has 3 aromatic rings. The number of halogens is 1. The molecule has 3 aromatic carbocycles. The van der Waals surface area contributed by atoms with Crippen molar-refractivity contribution in [2.24, 2.45) is 5.92 Å². The third-order valence-electron chi connectivity index (χ3n) is 5.25. The molecular formula is C24H17Br. The van der Waals surface area contributed by atoms with Crippen LogP contribution in [0.1, 0.15) is 12.0 Å². The van der Waals surface area contributed by atoms with Gasteiger partial charge in [-0.2, -0.15) is 0 Å². The molecule has 120 valence electrons. The Morgan fingerprint density at radius 2 is 1.56 bits per heavy atom. The van der Waals surface area contributed by atoms with Gasteiger partial charge in [0.2, 0.25) is 0 Å². The molecule has 2 aliphatic rings. The third kappa shape index (κ3) is 2.34. The first-order chi connectivity index (χ1) is 12.3. The maximum atomic E-state index is 3.90. The van der Waals surface area contributed by atoms with E-state index in [2.05, 4.69) is 101 Å². The topological polar surface area (TPSA) is 0 Å². The monoisotopic (exact) mass is 384 g/mol. The Balaban J connectivity index is 1.90. The lowest BCUT2D eigenvalue weighted by Gasteiger charge is -2.28. The molecular weight excluding hydrogens is 368 g/mol. The largest absolute Gasteiger partial charge is 0.0836 e. The van der Waals surface area contributed by atoms with Crippen molar-refractivity contribution in [1.82, 2.24) is 0 Å². The predicted octanol–water partition coefficient (Wildman–Crippen LogP) is 5.06. The van der Waals surface area contributed by atoms with E-state index in [9.17, 15) is 0 Å². The highest BCUT2D eigenvalue weighted by atomic mass is 79.9. The molecule has 1 heteroatoms. The summed E-state index contributed by atoms with van der Waals surface area (Å²) in [5.74, 6) is 0.418. The van der Waals surface area contributed by atoms with Gasteiger partial charge in [0.15, 0.2) is 0 Å². The van der Waals surface area contributed by atoms with Crippen LogP contribution in [-0.2, 0) is 0 Å². The van der Waals surface area contributed by atoms with E-state index >= 15 is 0 Å². The van der Waals surface area contributed by atoms with Gasteiger partial charge < -0.3 is 0 Å². The molecule has 5 rings (SSSR count). The molecule has 0 aliphatic heterocycles. The quantitative estimate of drug-likeness (QED) is 0.550. The zero-order chi connectivity index (χ0) is 16.8. The van der Waals surface area contributed by atoms with Crippen molar-refractivity contribution in [3.8, 4) is 0 Å². The van der Waals surface area contributed by atoms with Gasteiger partial charge in [0.25, 0.3) is 0 Å². The second-order valence-electron chi connectivity index (χ2n) is 6.67. The fraction of sp³-hybridized carbons (Fsp3) is 0.0833. The molecule has 0 saturated carbocycles. The van der Waals surface area contributed by atoms with Crippen molar-refractivity contribution in [1.29, 1.82) is 0 Å². The summed E-state index contributed by atoms with van der Waals surface area (Å²) < 4.78 is 1.31. The average Bonchev–Trinajstić information content (AvgIpc) is 2.68. The van der Waals surface area contributed by atoms with Crippen LogP contribution in [0.5, 0.6) is 0 Å². The normalized spacial score (nSPS) is 18.8. The fourth-order valence-electron chi connectivity index (χ4n) is 4.05. The first-order valence-electron chi connectivity index (χ1n) is 8.68. The SMILES string of the molecule is BrC1=c2ccccc2=C(c2ccc3ccccc3c2)C2=CC=CCC21. The van der Waals surface area contributed by atoms with Crippen molar-refractivity contribution in [2.75, 3.05) is 0 Å². The van der Waals surface area contributed by atoms with Crippen molar-refractivity contribution in [3.63, 3.8) is 0 Å². The highest BCUT2D eigenvalue weighted by Crippen LogP contribution is 2.40. The van der Waals surface area contributed by atoms with E-state index in [1.165, 1.54) is 42.4 Å². The lowest BCUT2D eigenvalue weighted by molar-refractivity contribution is 0.817. The molecule has 0 aromatic heterocycles. The molecule has 0 radical (unpaired) electrons. The third-order valence-corrected chi connectivity index (χ3v) is 6.23. The zero-order valence-electron chi connectivity index (χ0n) is 13.7. The maximum absolute atomic E-state index is 3.90. The first kappa shape index (κ1) is 14.9. The van der Waals surface area contributed by atoms with Crippen molar-refractivity contribution in [2.45, 2.75) is 6.42 Å². The van der Waals surface area contributed by atoms with Crippen LogP contribution in [0.25, 0.3) is 20.8 Å². The van der Waals surface area contributed by atoms with Crippen molar-refractivity contribution < 1.29 is 0 Å². The van der Waals surface area contributed by atoms with Gasteiger partial charge in [0, 0.05) is 10.4 Å². The number of allylic oxidation sites excluding steroid dienone is 4. The second-order valence-corrected chi connectivity index (χ2v) is 7.52. The molecule has 1 unspecified atom stereocenters. The van der Waals surface area contributed by atoms with E-state index in [0.717, 1.165) is 6.42 Å². The van der Waals surface area contributed by atoms with E-state index in [0.29, 0.717) is 5.92 Å². The minimum Gasteiger partial charge on any atom is -0.0836 e. The summed E-state index contributed by atoms with van der Waals surface area (Å²) in [6.07, 6.45) is 7.80. The molecule has 25 heavy (non-hydrogen) atoms. The minimum absolute atomic E-state index is 0.418. The summed E-state index contributed by atoms with van der Waals surface area (Å²) in [5.41, 5.74) is 4.10. The molecule has 0 saturated heterocycles. The number of rotatable bonds is 1. The molecule has 0 spiro atoms. The summed E-state index contributed by atoms with van der Waals surface area (Å²) in [5, 5.41) is 5.23. The zero-order valence-corrected chi connectivity index (χ0v) is 15.3. The Hall–Kier alpha value is -2.38. The standard InChI is InChI=1S/C24H17Br/c25-24-21-11-5-3-9-19(21)23(20-10-4-6-12-22(20)24)18-14-13-16-7-1-2-8-17(16)15-18/h1-11,13-15,22H,12H2. The molecule has 0 bridgehead atoms. The number of hydrogen-bond donors (Lipinski definition) is 0. The predicted molar refractivity (Wildman–Crippen MR) is 110 cm³/mol. The molecule has 0 amide bonds. The number of benzene rings is 3. The number of hydrogen-bond acceptors (Lipinski definition) is 0. The van der Waals surface area contributed by atoms with Crippen LogP contribution in [0.3, 0.4) is 0 Å². The van der Waals surface area contributed by atoms with E-state index in [1.807, 2.05) is 0 Å². The summed E-state index contributed by atoms with van der Waals surface area (Å²) in [7, 11) is 0. The smallest absolute Gasteiger partial charge is 0.0203 e. The van der Waals surface area contributed by atoms with Gasteiger partial charge >= 0.3 is 0 Å². The van der Waals surface area contributed by atoms with Crippen LogP contribution in [0.2, 0.25) is 0 Å². The Morgan fingerprint density at radius 1 is 0.800 bits per heavy atom. The van der Waals surface area contributed by atoms with Gasteiger partial charge in [0.1, 0.15) is 0 Å². The van der Waals surface area contributed by atoms with E-state index in [-0.39, 0.29) is 0 Å². The molecule has 1 atom stereocenters. The van der Waals surface area contributed by atoms with Crippen LogP contribution in [-0.4, -0.2) is 0 Å². The molecule has 0 heterocycles.